The van der Waals surface area contributed by atoms with Crippen LogP contribution in [0.25, 0.3) is 0 Å². The SMILES string of the molecule is CCCCCCCC(=O)N[C@@H](Cc1ccccc1)C(=O)N[C@@H](CCCCNN)C(=O)Nc1ccc(CO)cc1. The van der Waals surface area contributed by atoms with Crippen LogP contribution < -0.4 is 27.2 Å². The summed E-state index contributed by atoms with van der Waals surface area (Å²) in [6.07, 6.45) is 7.65. The number of carbonyl (C=O) groups is 3. The molecule has 0 fully saturated rings. The monoisotopic (exact) mass is 539 g/mol. The largest absolute Gasteiger partial charge is 0.392 e. The first-order valence-electron chi connectivity index (χ1n) is 14.0. The van der Waals surface area contributed by atoms with Gasteiger partial charge < -0.3 is 21.1 Å². The quantitative estimate of drug-likeness (QED) is 0.0918. The van der Waals surface area contributed by atoms with E-state index in [0.29, 0.717) is 37.9 Å². The minimum atomic E-state index is -0.805. The first-order valence-corrected chi connectivity index (χ1v) is 14.0. The Hall–Kier alpha value is -3.27. The minimum absolute atomic E-state index is 0.0879. The molecule has 3 amide bonds. The van der Waals surface area contributed by atoms with Gasteiger partial charge in [0.2, 0.25) is 17.7 Å². The zero-order valence-electron chi connectivity index (χ0n) is 23.1. The molecule has 0 spiro atoms. The number of benzene rings is 2. The Morgan fingerprint density at radius 2 is 1.51 bits per heavy atom. The van der Waals surface area contributed by atoms with Crippen LogP contribution in [0.3, 0.4) is 0 Å². The zero-order valence-corrected chi connectivity index (χ0v) is 23.1. The summed E-state index contributed by atoms with van der Waals surface area (Å²) in [7, 11) is 0. The van der Waals surface area contributed by atoms with Crippen molar-refractivity contribution in [3.63, 3.8) is 0 Å². The number of rotatable bonds is 19. The molecular formula is C30H45N5O4. The third-order valence-corrected chi connectivity index (χ3v) is 6.54. The van der Waals surface area contributed by atoms with E-state index in [1.165, 1.54) is 0 Å². The molecule has 2 aromatic rings. The van der Waals surface area contributed by atoms with E-state index in [1.807, 2.05) is 30.3 Å². The third-order valence-electron chi connectivity index (χ3n) is 6.54. The molecule has 0 saturated carbocycles. The molecule has 0 unspecified atom stereocenters. The average molecular weight is 540 g/mol. The van der Waals surface area contributed by atoms with Gasteiger partial charge in [-0.1, -0.05) is 75.1 Å². The molecule has 39 heavy (non-hydrogen) atoms. The first kappa shape index (κ1) is 31.9. The summed E-state index contributed by atoms with van der Waals surface area (Å²) in [5.41, 5.74) is 4.82. The van der Waals surface area contributed by atoms with Crippen LogP contribution in [0.15, 0.2) is 54.6 Å². The van der Waals surface area contributed by atoms with E-state index in [9.17, 15) is 19.5 Å². The van der Waals surface area contributed by atoms with Crippen molar-refractivity contribution >= 4 is 23.4 Å². The molecule has 2 aromatic carbocycles. The van der Waals surface area contributed by atoms with Crippen molar-refractivity contribution in [2.75, 3.05) is 11.9 Å². The van der Waals surface area contributed by atoms with E-state index < -0.39 is 18.0 Å². The Kier molecular flexibility index (Phi) is 15.5. The Morgan fingerprint density at radius 3 is 2.18 bits per heavy atom. The number of nitrogens with two attached hydrogens (primary N) is 1. The summed E-state index contributed by atoms with van der Waals surface area (Å²) in [6, 6.07) is 14.8. The Labute approximate surface area is 232 Å². The van der Waals surface area contributed by atoms with Crippen LogP contribution in [-0.4, -0.2) is 41.5 Å². The number of anilines is 1. The minimum Gasteiger partial charge on any atom is -0.392 e. The number of unbranched alkanes of at least 4 members (excludes halogenated alkanes) is 5. The van der Waals surface area contributed by atoms with Gasteiger partial charge in [-0.25, -0.2) is 0 Å². The number of hydrogen-bond donors (Lipinski definition) is 6. The molecule has 7 N–H and O–H groups in total. The second-order valence-corrected chi connectivity index (χ2v) is 9.83. The summed E-state index contributed by atoms with van der Waals surface area (Å²) in [5, 5.41) is 17.9. The molecule has 9 heteroatoms. The summed E-state index contributed by atoms with van der Waals surface area (Å²) in [6.45, 7) is 2.65. The molecule has 0 radical (unpaired) electrons. The van der Waals surface area contributed by atoms with Gasteiger partial charge in [0, 0.05) is 25.1 Å². The third kappa shape index (κ3) is 12.9. The van der Waals surface area contributed by atoms with Gasteiger partial charge in [-0.15, -0.1) is 0 Å². The lowest BCUT2D eigenvalue weighted by Gasteiger charge is -2.23. The van der Waals surface area contributed by atoms with Crippen LogP contribution in [0.5, 0.6) is 0 Å². The highest BCUT2D eigenvalue weighted by Crippen LogP contribution is 2.13. The maximum Gasteiger partial charge on any atom is 0.246 e. The Bertz CT molecular complexity index is 985. The zero-order chi connectivity index (χ0) is 28.3. The van der Waals surface area contributed by atoms with Gasteiger partial charge in [0.25, 0.3) is 0 Å². The maximum absolute atomic E-state index is 13.5. The van der Waals surface area contributed by atoms with Gasteiger partial charge in [0.1, 0.15) is 12.1 Å². The van der Waals surface area contributed by atoms with E-state index in [2.05, 4.69) is 28.3 Å². The number of aliphatic hydroxyl groups is 1. The normalized spacial score (nSPS) is 12.4. The number of aliphatic hydroxyl groups excluding tert-OH is 1. The van der Waals surface area contributed by atoms with Gasteiger partial charge >= 0.3 is 0 Å². The van der Waals surface area contributed by atoms with E-state index in [-0.39, 0.29) is 18.4 Å². The lowest BCUT2D eigenvalue weighted by molar-refractivity contribution is -0.131. The summed E-state index contributed by atoms with van der Waals surface area (Å²) in [4.78, 5) is 39.4. The topological polar surface area (TPSA) is 146 Å². The van der Waals surface area contributed by atoms with Gasteiger partial charge in [-0.3, -0.25) is 25.7 Å². The molecule has 9 nitrogen and oxygen atoms in total. The maximum atomic E-state index is 13.5. The molecule has 0 heterocycles. The fourth-order valence-corrected chi connectivity index (χ4v) is 4.25. The second kappa shape index (κ2) is 18.9. The molecular weight excluding hydrogens is 494 g/mol. The highest BCUT2D eigenvalue weighted by atomic mass is 16.3. The fourth-order valence-electron chi connectivity index (χ4n) is 4.25. The number of amides is 3. The first-order chi connectivity index (χ1) is 19.0. The van der Waals surface area contributed by atoms with Crippen LogP contribution in [0.4, 0.5) is 5.69 Å². The van der Waals surface area contributed by atoms with E-state index in [0.717, 1.165) is 49.7 Å². The predicted molar refractivity (Wildman–Crippen MR) is 154 cm³/mol. The van der Waals surface area contributed by atoms with E-state index in [1.54, 1.807) is 24.3 Å². The standard InChI is InChI=1S/C30H45N5O4/c1-2-3-4-5-9-15-28(37)34-27(21-23-12-7-6-8-13-23)30(39)35-26(14-10-11-20-32-31)29(38)33-25-18-16-24(22-36)17-19-25/h6-8,12-13,16-19,26-27,32,36H,2-5,9-11,14-15,20-22,31H2,1H3,(H,33,38)(H,34,37)(H,35,39)/t26-,27-/m0/s1. The van der Waals surface area contributed by atoms with Crippen LogP contribution in [0, 0.1) is 0 Å². The van der Waals surface area contributed by atoms with Gasteiger partial charge in [0.15, 0.2) is 0 Å². The van der Waals surface area contributed by atoms with Crippen molar-refractivity contribution in [2.24, 2.45) is 5.84 Å². The van der Waals surface area contributed by atoms with Crippen molar-refractivity contribution in [1.29, 1.82) is 0 Å². The average Bonchev–Trinajstić information content (AvgIpc) is 2.95. The molecule has 0 aromatic heterocycles. The molecule has 2 rings (SSSR count). The predicted octanol–water partition coefficient (Wildman–Crippen LogP) is 3.32. The highest BCUT2D eigenvalue weighted by molar-refractivity contribution is 5.98. The summed E-state index contributed by atoms with van der Waals surface area (Å²) in [5.74, 6) is 4.46. The van der Waals surface area contributed by atoms with E-state index in [4.69, 9.17) is 5.84 Å². The van der Waals surface area contributed by atoms with Gasteiger partial charge in [-0.2, -0.15) is 0 Å². The molecule has 0 saturated heterocycles. The Balaban J connectivity index is 2.10. The fraction of sp³-hybridized carbons (Fsp3) is 0.500. The number of hydrazine groups is 1. The van der Waals surface area contributed by atoms with Crippen molar-refractivity contribution in [2.45, 2.75) is 89.8 Å². The van der Waals surface area contributed by atoms with Crippen LogP contribution in [0.2, 0.25) is 0 Å². The van der Waals surface area contributed by atoms with Crippen molar-refractivity contribution in [1.82, 2.24) is 16.1 Å². The number of nitrogens with one attached hydrogen (secondary N) is 4. The van der Waals surface area contributed by atoms with Crippen molar-refractivity contribution in [3.8, 4) is 0 Å². The lowest BCUT2D eigenvalue weighted by Crippen LogP contribution is -2.53. The number of hydrogen-bond acceptors (Lipinski definition) is 6. The van der Waals surface area contributed by atoms with E-state index >= 15 is 0 Å². The summed E-state index contributed by atoms with van der Waals surface area (Å²) >= 11 is 0. The van der Waals surface area contributed by atoms with Crippen molar-refractivity contribution in [3.05, 3.63) is 65.7 Å². The Morgan fingerprint density at radius 1 is 0.795 bits per heavy atom. The van der Waals surface area contributed by atoms with Crippen LogP contribution in [0.1, 0.15) is 75.8 Å². The molecule has 0 aliphatic rings. The summed E-state index contributed by atoms with van der Waals surface area (Å²) < 4.78 is 0. The lowest BCUT2D eigenvalue weighted by atomic mass is 10.0. The molecule has 214 valence electrons. The highest BCUT2D eigenvalue weighted by Gasteiger charge is 2.27. The second-order valence-electron chi connectivity index (χ2n) is 9.83. The molecule has 0 aliphatic heterocycles. The smallest absolute Gasteiger partial charge is 0.246 e. The molecule has 0 bridgehead atoms. The number of carbonyl (C=O) groups excluding carboxylic acids is 3. The van der Waals surface area contributed by atoms with Crippen LogP contribution in [-0.2, 0) is 27.4 Å². The van der Waals surface area contributed by atoms with Gasteiger partial charge in [-0.05, 0) is 48.9 Å². The molecule has 2 atom stereocenters. The molecule has 0 aliphatic carbocycles. The van der Waals surface area contributed by atoms with Gasteiger partial charge in [0.05, 0.1) is 6.61 Å². The van der Waals surface area contributed by atoms with Crippen molar-refractivity contribution < 1.29 is 19.5 Å². The van der Waals surface area contributed by atoms with Crippen LogP contribution >= 0.6 is 0 Å².